The topological polar surface area (TPSA) is 55.8 Å². The molecule has 3 rings (SSSR count). The molecule has 2 aromatic rings. The van der Waals surface area contributed by atoms with Gasteiger partial charge in [0, 0.05) is 12.0 Å². The average Bonchev–Trinajstić information content (AvgIpc) is 3.34. The van der Waals surface area contributed by atoms with E-state index in [1.54, 1.807) is 7.11 Å². The number of amides is 1. The maximum Gasteiger partial charge on any atom is 0.214 e. The highest BCUT2D eigenvalue weighted by molar-refractivity contribution is 5.91. The molecule has 5 nitrogen and oxygen atoms in total. The molecule has 0 saturated heterocycles. The van der Waals surface area contributed by atoms with Crippen molar-refractivity contribution in [1.29, 1.82) is 0 Å². The van der Waals surface area contributed by atoms with Crippen molar-refractivity contribution in [2.45, 2.75) is 64.5 Å². The molecule has 0 N–H and O–H groups in total. The van der Waals surface area contributed by atoms with Crippen LogP contribution in [0.5, 0.6) is 11.5 Å². The van der Waals surface area contributed by atoms with Gasteiger partial charge in [0.2, 0.25) is 6.41 Å². The van der Waals surface area contributed by atoms with Gasteiger partial charge in [-0.3, -0.25) is 4.79 Å². The number of methoxy groups -OCH3 is 1. The van der Waals surface area contributed by atoms with Crippen LogP contribution in [0.15, 0.2) is 36.4 Å². The Kier molecular flexibility index (Phi) is 8.33. The van der Waals surface area contributed by atoms with Gasteiger partial charge in [0.1, 0.15) is 6.29 Å². The summed E-state index contributed by atoms with van der Waals surface area (Å²) in [7, 11) is 1.63. The maximum absolute atomic E-state index is 12.0. The van der Waals surface area contributed by atoms with Gasteiger partial charge in [0.15, 0.2) is 11.5 Å². The second-order valence-corrected chi connectivity index (χ2v) is 7.97. The fourth-order valence-corrected chi connectivity index (χ4v) is 4.13. The van der Waals surface area contributed by atoms with Crippen LogP contribution in [0.1, 0.15) is 51.5 Å². The van der Waals surface area contributed by atoms with Crippen LogP contribution >= 0.6 is 0 Å². The zero-order valence-corrected chi connectivity index (χ0v) is 19.1. The first-order chi connectivity index (χ1) is 15.6. The van der Waals surface area contributed by atoms with E-state index in [0.717, 1.165) is 42.2 Å². The van der Waals surface area contributed by atoms with Crippen molar-refractivity contribution in [1.82, 2.24) is 0 Å². The number of hydrogen-bond donors (Lipinski definition) is 0. The van der Waals surface area contributed by atoms with E-state index in [9.17, 15) is 9.59 Å². The molecule has 1 fully saturated rings. The zero-order valence-electron chi connectivity index (χ0n) is 19.1. The fraction of sp³-hybridized carbons (Fsp3) is 0.407. The minimum Gasteiger partial charge on any atom is -0.493 e. The van der Waals surface area contributed by atoms with E-state index < -0.39 is 6.04 Å². The third-order valence-electron chi connectivity index (χ3n) is 5.93. The molecule has 1 saturated carbocycles. The molecule has 0 spiro atoms. The fourth-order valence-electron chi connectivity index (χ4n) is 4.13. The summed E-state index contributed by atoms with van der Waals surface area (Å²) < 4.78 is 11.8. The molecule has 0 aliphatic heterocycles. The van der Waals surface area contributed by atoms with Crippen LogP contribution in [0.3, 0.4) is 0 Å². The molecule has 1 aliphatic carbocycles. The quantitative estimate of drug-likeness (QED) is 0.382. The molecule has 0 radical (unpaired) electrons. The largest absolute Gasteiger partial charge is 0.493 e. The van der Waals surface area contributed by atoms with Gasteiger partial charge in [-0.05, 0) is 74.4 Å². The predicted octanol–water partition coefficient (Wildman–Crippen LogP) is 5.19. The van der Waals surface area contributed by atoms with Gasteiger partial charge in [-0.2, -0.15) is 0 Å². The lowest BCUT2D eigenvalue weighted by molar-refractivity contribution is -0.113. The summed E-state index contributed by atoms with van der Waals surface area (Å²) in [5.41, 5.74) is 3.47. The van der Waals surface area contributed by atoms with Crippen molar-refractivity contribution >= 4 is 18.4 Å². The van der Waals surface area contributed by atoms with E-state index >= 15 is 0 Å². The Labute approximate surface area is 190 Å². The van der Waals surface area contributed by atoms with Crippen molar-refractivity contribution in [2.75, 3.05) is 12.0 Å². The molecule has 2 aromatic carbocycles. The van der Waals surface area contributed by atoms with Crippen molar-refractivity contribution in [3.05, 3.63) is 42.0 Å². The van der Waals surface area contributed by atoms with E-state index in [4.69, 9.17) is 9.47 Å². The molecule has 5 heteroatoms. The number of hydrogen-bond acceptors (Lipinski definition) is 4. The Morgan fingerprint density at radius 2 is 1.91 bits per heavy atom. The second-order valence-electron chi connectivity index (χ2n) is 7.97. The van der Waals surface area contributed by atoms with Gasteiger partial charge >= 0.3 is 0 Å². The maximum atomic E-state index is 12.0. The molecule has 0 heterocycles. The summed E-state index contributed by atoms with van der Waals surface area (Å²) in [6, 6.07) is 11.2. The number of ether oxygens (including phenoxy) is 2. The lowest BCUT2D eigenvalue weighted by atomic mass is 9.97. The van der Waals surface area contributed by atoms with E-state index in [-0.39, 0.29) is 6.10 Å². The standard InChI is InChI=1S/C27H31NO4/c1-4-6-9-20-12-14-25(28(19-30)22(5-2)18-29)24(16-20)21-13-15-26(31-3)27(17-21)32-23-10-7-8-11-23/h12-19,22-23H,5,7-11H2,1-3H3. The monoisotopic (exact) mass is 433 g/mol. The van der Waals surface area contributed by atoms with Crippen LogP contribution in [0.4, 0.5) is 5.69 Å². The Hall–Kier alpha value is -3.26. The molecule has 1 atom stereocenters. The molecule has 1 amide bonds. The number of nitrogens with zero attached hydrogens (tertiary/aromatic N) is 1. The predicted molar refractivity (Wildman–Crippen MR) is 127 cm³/mol. The van der Waals surface area contributed by atoms with Crippen LogP contribution in [-0.4, -0.2) is 32.0 Å². The van der Waals surface area contributed by atoms with Crippen LogP contribution in [0, 0.1) is 11.8 Å². The number of carbonyl (C=O) groups is 2. The lowest BCUT2D eigenvalue weighted by Crippen LogP contribution is -2.35. The Morgan fingerprint density at radius 1 is 1.12 bits per heavy atom. The zero-order chi connectivity index (χ0) is 22.9. The normalized spacial score (nSPS) is 14.2. The van der Waals surface area contributed by atoms with Gasteiger partial charge in [0.05, 0.1) is 24.9 Å². The van der Waals surface area contributed by atoms with Crippen molar-refractivity contribution in [2.24, 2.45) is 0 Å². The summed E-state index contributed by atoms with van der Waals surface area (Å²) in [6.45, 7) is 3.71. The van der Waals surface area contributed by atoms with Gasteiger partial charge in [-0.1, -0.05) is 25.0 Å². The minimum atomic E-state index is -0.528. The van der Waals surface area contributed by atoms with Gasteiger partial charge in [-0.15, -0.1) is 5.92 Å². The van der Waals surface area contributed by atoms with E-state index in [0.29, 0.717) is 30.0 Å². The lowest BCUT2D eigenvalue weighted by Gasteiger charge is -2.26. The van der Waals surface area contributed by atoms with Crippen molar-refractivity contribution in [3.63, 3.8) is 0 Å². The van der Waals surface area contributed by atoms with Gasteiger partial charge in [0.25, 0.3) is 0 Å². The average molecular weight is 434 g/mol. The van der Waals surface area contributed by atoms with E-state index in [1.165, 1.54) is 17.7 Å². The summed E-state index contributed by atoms with van der Waals surface area (Å²) in [5.74, 6) is 7.40. The molecule has 32 heavy (non-hydrogen) atoms. The van der Waals surface area contributed by atoms with Crippen molar-refractivity contribution < 1.29 is 19.1 Å². The highest BCUT2D eigenvalue weighted by Gasteiger charge is 2.22. The third kappa shape index (κ3) is 5.31. The highest BCUT2D eigenvalue weighted by Crippen LogP contribution is 2.39. The Bertz CT molecular complexity index is 998. The first-order valence-corrected chi connectivity index (χ1v) is 11.2. The molecule has 168 valence electrons. The number of rotatable bonds is 10. The van der Waals surface area contributed by atoms with E-state index in [1.807, 2.05) is 50.2 Å². The third-order valence-corrected chi connectivity index (χ3v) is 5.93. The number of carbonyl (C=O) groups excluding carboxylic acids is 2. The second kappa shape index (κ2) is 11.4. The molecule has 1 aliphatic rings. The van der Waals surface area contributed by atoms with Crippen LogP contribution in [-0.2, 0) is 16.0 Å². The number of benzene rings is 2. The Morgan fingerprint density at radius 3 is 2.53 bits per heavy atom. The first-order valence-electron chi connectivity index (χ1n) is 11.2. The summed E-state index contributed by atoms with van der Waals surface area (Å²) in [4.78, 5) is 25.1. The molecule has 0 aromatic heterocycles. The molecular weight excluding hydrogens is 402 g/mol. The molecule has 1 unspecified atom stereocenters. The Balaban J connectivity index is 2.11. The number of anilines is 1. The summed E-state index contributed by atoms with van der Waals surface area (Å²) in [6.07, 6.45) is 7.31. The van der Waals surface area contributed by atoms with Crippen molar-refractivity contribution in [3.8, 4) is 34.5 Å². The van der Waals surface area contributed by atoms with Crippen LogP contribution in [0.2, 0.25) is 0 Å². The van der Waals surface area contributed by atoms with Gasteiger partial charge in [-0.25, -0.2) is 0 Å². The highest BCUT2D eigenvalue weighted by atomic mass is 16.5. The summed E-state index contributed by atoms with van der Waals surface area (Å²) >= 11 is 0. The van der Waals surface area contributed by atoms with Gasteiger partial charge < -0.3 is 19.2 Å². The SMILES string of the molecule is CC#CCc1ccc(N(C=O)C(C=O)CC)c(-c2ccc(OC)c(OC3CCCC3)c2)c1. The smallest absolute Gasteiger partial charge is 0.214 e. The molecular formula is C27H31NO4. The number of aldehydes is 1. The van der Waals surface area contributed by atoms with Crippen LogP contribution < -0.4 is 14.4 Å². The van der Waals surface area contributed by atoms with E-state index in [2.05, 4.69) is 11.8 Å². The molecule has 0 bridgehead atoms. The first kappa shape index (κ1) is 23.4. The van der Waals surface area contributed by atoms with Crippen LogP contribution in [0.25, 0.3) is 11.1 Å². The summed E-state index contributed by atoms with van der Waals surface area (Å²) in [5, 5.41) is 0. The minimum absolute atomic E-state index is 0.191.